The third-order valence-electron chi connectivity index (χ3n) is 4.36. The number of H-pyrrole nitrogens is 1. The van der Waals surface area contributed by atoms with Gasteiger partial charge in [0, 0.05) is 29.2 Å². The molecular weight excluding hydrogens is 298 g/mol. The Kier molecular flexibility index (Phi) is 3.31. The van der Waals surface area contributed by atoms with Crippen molar-refractivity contribution in [1.29, 1.82) is 0 Å². The van der Waals surface area contributed by atoms with Gasteiger partial charge in [0.25, 0.3) is 5.56 Å². The molecule has 2 aromatic carbocycles. The smallest absolute Gasteiger partial charge is 0.261 e. The molecule has 0 spiro atoms. The molecule has 0 aliphatic heterocycles. The number of aryl methyl sites for hydroxylation is 1. The second-order valence-electron chi connectivity index (χ2n) is 5.89. The van der Waals surface area contributed by atoms with E-state index in [9.17, 15) is 4.79 Å². The van der Waals surface area contributed by atoms with Gasteiger partial charge in [0.2, 0.25) is 0 Å². The summed E-state index contributed by atoms with van der Waals surface area (Å²) in [6, 6.07) is 15.6. The lowest BCUT2D eigenvalue weighted by atomic mass is 10.1. The van der Waals surface area contributed by atoms with Crippen molar-refractivity contribution in [2.45, 2.75) is 6.92 Å². The summed E-state index contributed by atoms with van der Waals surface area (Å²) in [5.41, 5.74) is 4.01. The van der Waals surface area contributed by atoms with Crippen LogP contribution in [-0.2, 0) is 7.05 Å². The van der Waals surface area contributed by atoms with E-state index in [1.807, 2.05) is 55.5 Å². The lowest BCUT2D eigenvalue weighted by Crippen LogP contribution is -2.20. The Morgan fingerprint density at radius 3 is 2.54 bits per heavy atom. The number of rotatable bonds is 2. The molecule has 0 saturated heterocycles. The highest BCUT2D eigenvalue weighted by atomic mass is 16.1. The molecule has 0 bridgehead atoms. The number of nitrogens with one attached hydrogen (secondary N) is 1. The van der Waals surface area contributed by atoms with E-state index in [2.05, 4.69) is 22.1 Å². The van der Waals surface area contributed by atoms with Crippen molar-refractivity contribution in [2.24, 2.45) is 7.05 Å². The topological polar surface area (TPSA) is 50.7 Å². The zero-order valence-electron chi connectivity index (χ0n) is 13.6. The Morgan fingerprint density at radius 2 is 1.71 bits per heavy atom. The van der Waals surface area contributed by atoms with Crippen LogP contribution in [0.5, 0.6) is 0 Å². The van der Waals surface area contributed by atoms with E-state index in [0.717, 1.165) is 27.7 Å². The molecular formula is C20H17N3O. The molecule has 2 heterocycles. The van der Waals surface area contributed by atoms with Crippen LogP contribution in [0.1, 0.15) is 17.1 Å². The van der Waals surface area contributed by atoms with E-state index in [-0.39, 0.29) is 5.56 Å². The fourth-order valence-electron chi connectivity index (χ4n) is 3.06. The Bertz CT molecular complexity index is 1150. The van der Waals surface area contributed by atoms with E-state index < -0.39 is 0 Å². The average molecular weight is 315 g/mol. The molecule has 118 valence electrons. The molecule has 0 aliphatic carbocycles. The van der Waals surface area contributed by atoms with Crippen LogP contribution < -0.4 is 5.56 Å². The van der Waals surface area contributed by atoms with Gasteiger partial charge < -0.3 is 4.98 Å². The second kappa shape index (κ2) is 5.49. The number of nitrogens with zero attached hydrogens (tertiary/aromatic N) is 2. The number of fused-ring (bicyclic) bond motifs is 2. The Hall–Kier alpha value is -3.14. The summed E-state index contributed by atoms with van der Waals surface area (Å²) in [6.45, 7) is 2.05. The van der Waals surface area contributed by atoms with Crippen LogP contribution in [0, 0.1) is 6.92 Å². The highest BCUT2D eigenvalue weighted by molar-refractivity contribution is 5.93. The first-order valence-electron chi connectivity index (χ1n) is 7.86. The summed E-state index contributed by atoms with van der Waals surface area (Å²) in [4.78, 5) is 20.5. The molecule has 2 aromatic heterocycles. The molecule has 24 heavy (non-hydrogen) atoms. The maximum absolute atomic E-state index is 12.5. The van der Waals surface area contributed by atoms with E-state index in [0.29, 0.717) is 11.2 Å². The van der Waals surface area contributed by atoms with E-state index in [1.54, 1.807) is 11.6 Å². The maximum Gasteiger partial charge on any atom is 0.261 e. The minimum atomic E-state index is -0.0316. The van der Waals surface area contributed by atoms with Crippen molar-refractivity contribution < 1.29 is 0 Å². The summed E-state index contributed by atoms with van der Waals surface area (Å²) in [5.74, 6) is 0.642. The summed E-state index contributed by atoms with van der Waals surface area (Å²) in [6.07, 6.45) is 3.92. The van der Waals surface area contributed by atoms with Crippen molar-refractivity contribution in [3.63, 3.8) is 0 Å². The molecule has 4 rings (SSSR count). The number of aromatic nitrogens is 3. The van der Waals surface area contributed by atoms with Gasteiger partial charge >= 0.3 is 0 Å². The predicted molar refractivity (Wildman–Crippen MR) is 98.9 cm³/mol. The Morgan fingerprint density at radius 1 is 1.00 bits per heavy atom. The molecule has 0 saturated carbocycles. The maximum atomic E-state index is 12.5. The summed E-state index contributed by atoms with van der Waals surface area (Å²) < 4.78 is 1.59. The Labute approximate surface area is 139 Å². The molecule has 0 amide bonds. The molecule has 0 radical (unpaired) electrons. The van der Waals surface area contributed by atoms with E-state index in [1.165, 1.54) is 0 Å². The molecule has 0 aliphatic rings. The minimum Gasteiger partial charge on any atom is -0.358 e. The van der Waals surface area contributed by atoms with Gasteiger partial charge in [0.15, 0.2) is 0 Å². The first-order chi connectivity index (χ1) is 11.6. The molecule has 0 fully saturated rings. The van der Waals surface area contributed by atoms with Crippen LogP contribution in [0.3, 0.4) is 0 Å². The first kappa shape index (κ1) is 14.5. The largest absolute Gasteiger partial charge is 0.358 e. The summed E-state index contributed by atoms with van der Waals surface area (Å²) in [7, 11) is 1.75. The highest BCUT2D eigenvalue weighted by Crippen LogP contribution is 2.23. The van der Waals surface area contributed by atoms with Crippen LogP contribution in [-0.4, -0.2) is 14.5 Å². The number of para-hydroxylation sites is 2. The normalized spacial score (nSPS) is 11.8. The average Bonchev–Trinajstić information content (AvgIpc) is 2.92. The number of hydrogen-bond acceptors (Lipinski definition) is 2. The van der Waals surface area contributed by atoms with Crippen LogP contribution in [0.4, 0.5) is 0 Å². The van der Waals surface area contributed by atoms with Gasteiger partial charge in [-0.3, -0.25) is 9.36 Å². The van der Waals surface area contributed by atoms with Crippen LogP contribution >= 0.6 is 0 Å². The second-order valence-corrected chi connectivity index (χ2v) is 5.89. The zero-order chi connectivity index (χ0) is 16.7. The predicted octanol–water partition coefficient (Wildman–Crippen LogP) is 3.89. The van der Waals surface area contributed by atoms with Gasteiger partial charge in [-0.15, -0.1) is 0 Å². The van der Waals surface area contributed by atoms with Gasteiger partial charge in [0.1, 0.15) is 5.82 Å². The first-order valence-corrected chi connectivity index (χ1v) is 7.86. The van der Waals surface area contributed by atoms with E-state index in [4.69, 9.17) is 0 Å². The molecule has 4 aromatic rings. The number of hydrogen-bond donors (Lipinski definition) is 1. The quantitative estimate of drug-likeness (QED) is 0.610. The zero-order valence-corrected chi connectivity index (χ0v) is 13.6. The van der Waals surface area contributed by atoms with Crippen LogP contribution in [0.25, 0.3) is 34.0 Å². The monoisotopic (exact) mass is 315 g/mol. The molecule has 1 N–H and O–H groups in total. The summed E-state index contributed by atoms with van der Waals surface area (Å²) >= 11 is 0. The van der Waals surface area contributed by atoms with E-state index >= 15 is 0 Å². The molecule has 4 nitrogen and oxygen atoms in total. The van der Waals surface area contributed by atoms with Gasteiger partial charge in [-0.05, 0) is 37.3 Å². The Balaban J connectivity index is 1.87. The fourth-order valence-corrected chi connectivity index (χ4v) is 3.06. The van der Waals surface area contributed by atoms with Gasteiger partial charge in [-0.2, -0.15) is 0 Å². The number of benzene rings is 2. The van der Waals surface area contributed by atoms with Crippen molar-refractivity contribution >= 4 is 34.0 Å². The third kappa shape index (κ3) is 2.24. The number of aromatic amines is 1. The van der Waals surface area contributed by atoms with Crippen molar-refractivity contribution in [1.82, 2.24) is 14.5 Å². The van der Waals surface area contributed by atoms with Crippen molar-refractivity contribution in [3.8, 4) is 0 Å². The highest BCUT2D eigenvalue weighted by Gasteiger charge is 2.07. The van der Waals surface area contributed by atoms with Crippen LogP contribution in [0.15, 0.2) is 53.3 Å². The molecule has 0 unspecified atom stereocenters. The van der Waals surface area contributed by atoms with Crippen molar-refractivity contribution in [3.05, 3.63) is 76.0 Å². The van der Waals surface area contributed by atoms with Crippen LogP contribution in [0.2, 0.25) is 0 Å². The summed E-state index contributed by atoms with van der Waals surface area (Å²) in [5, 5.41) is 1.80. The van der Waals surface area contributed by atoms with Gasteiger partial charge in [-0.1, -0.05) is 30.3 Å². The third-order valence-corrected chi connectivity index (χ3v) is 4.36. The minimum absolute atomic E-state index is 0.0316. The van der Waals surface area contributed by atoms with Gasteiger partial charge in [-0.25, -0.2) is 4.98 Å². The van der Waals surface area contributed by atoms with Gasteiger partial charge in [0.05, 0.1) is 10.9 Å². The lowest BCUT2D eigenvalue weighted by molar-refractivity contribution is 0.828. The van der Waals surface area contributed by atoms with Crippen molar-refractivity contribution in [2.75, 3.05) is 0 Å². The fraction of sp³-hybridized carbons (Fsp3) is 0.100. The SMILES string of the molecule is Cc1[nH]c2ccccc2c1/C=C\c1nc2ccccc2c(=O)n1C. The lowest BCUT2D eigenvalue weighted by Gasteiger charge is -2.05. The molecule has 0 atom stereocenters. The standard InChI is InChI=1S/C20H17N3O/c1-13-14(15-7-3-5-9-17(15)21-13)11-12-19-22-18-10-6-4-8-16(18)20(24)23(19)2/h3-12,21H,1-2H3/b12-11-. The molecule has 4 heteroatoms.